The number of carbonyl (C=O) groups is 3. The first-order valence-corrected chi connectivity index (χ1v) is 9.89. The summed E-state index contributed by atoms with van der Waals surface area (Å²) in [4.78, 5) is 41.2. The van der Waals surface area contributed by atoms with Crippen LogP contribution in [0.5, 0.6) is 0 Å². The standard InChI is InChI=1S/C20H30N2O3/c1-3-5-10-21(11-6-4-2)16(23)9-12-22-19(24)17-14-7-8-15(13-14)18(17)20(22)25/h7-8,14-15,17-18H,3-6,9-13H2,1-2H3/t14-,15-,17-,18-/m0/s1. The number of imide groups is 1. The second-order valence-electron chi connectivity index (χ2n) is 7.67. The van der Waals surface area contributed by atoms with Crippen LogP contribution in [0.25, 0.3) is 0 Å². The van der Waals surface area contributed by atoms with Gasteiger partial charge < -0.3 is 4.90 Å². The molecule has 4 atom stereocenters. The van der Waals surface area contributed by atoms with Crippen LogP contribution in [0.3, 0.4) is 0 Å². The lowest BCUT2D eigenvalue weighted by atomic mass is 9.85. The summed E-state index contributed by atoms with van der Waals surface area (Å²) in [7, 11) is 0. The molecule has 1 aliphatic heterocycles. The van der Waals surface area contributed by atoms with Crippen molar-refractivity contribution < 1.29 is 14.4 Å². The molecule has 25 heavy (non-hydrogen) atoms. The number of nitrogens with zero attached hydrogens (tertiary/aromatic N) is 2. The molecule has 5 heteroatoms. The maximum Gasteiger partial charge on any atom is 0.233 e. The van der Waals surface area contributed by atoms with Crippen molar-refractivity contribution in [2.24, 2.45) is 23.7 Å². The van der Waals surface area contributed by atoms with Gasteiger partial charge in [0.25, 0.3) is 0 Å². The van der Waals surface area contributed by atoms with Gasteiger partial charge in [0.2, 0.25) is 17.7 Å². The molecule has 3 rings (SSSR count). The van der Waals surface area contributed by atoms with Crippen molar-refractivity contribution in [2.45, 2.75) is 52.4 Å². The summed E-state index contributed by atoms with van der Waals surface area (Å²) in [5.41, 5.74) is 0. The third-order valence-corrected chi connectivity index (χ3v) is 6.03. The van der Waals surface area contributed by atoms with E-state index in [2.05, 4.69) is 26.0 Å². The first kappa shape index (κ1) is 18.2. The van der Waals surface area contributed by atoms with E-state index in [0.717, 1.165) is 45.2 Å². The Morgan fingerprint density at radius 1 is 1.04 bits per heavy atom. The van der Waals surface area contributed by atoms with Gasteiger partial charge in [0, 0.05) is 26.1 Å². The first-order valence-electron chi connectivity index (χ1n) is 9.89. The molecule has 0 N–H and O–H groups in total. The fraction of sp³-hybridized carbons (Fsp3) is 0.750. The number of fused-ring (bicyclic) bond motifs is 5. The van der Waals surface area contributed by atoms with Crippen molar-refractivity contribution in [2.75, 3.05) is 19.6 Å². The highest BCUT2D eigenvalue weighted by molar-refractivity contribution is 6.06. The van der Waals surface area contributed by atoms with Crippen molar-refractivity contribution in [3.63, 3.8) is 0 Å². The van der Waals surface area contributed by atoms with E-state index in [1.165, 1.54) is 4.90 Å². The molecular weight excluding hydrogens is 316 g/mol. The van der Waals surface area contributed by atoms with Gasteiger partial charge in [-0.15, -0.1) is 0 Å². The van der Waals surface area contributed by atoms with Gasteiger partial charge in [0.05, 0.1) is 11.8 Å². The summed E-state index contributed by atoms with van der Waals surface area (Å²) in [6.45, 7) is 6.03. The van der Waals surface area contributed by atoms with Gasteiger partial charge >= 0.3 is 0 Å². The number of rotatable bonds is 9. The zero-order valence-corrected chi connectivity index (χ0v) is 15.4. The van der Waals surface area contributed by atoms with Crippen LogP contribution in [0, 0.1) is 23.7 Å². The largest absolute Gasteiger partial charge is 0.343 e. The molecule has 2 bridgehead atoms. The molecule has 0 radical (unpaired) electrons. The summed E-state index contributed by atoms with van der Waals surface area (Å²) in [5.74, 6) is 0.126. The van der Waals surface area contributed by atoms with Crippen LogP contribution < -0.4 is 0 Å². The quantitative estimate of drug-likeness (QED) is 0.476. The fourth-order valence-electron chi connectivity index (χ4n) is 4.61. The molecule has 138 valence electrons. The highest BCUT2D eigenvalue weighted by Crippen LogP contribution is 2.52. The number of carbonyl (C=O) groups excluding carboxylic acids is 3. The van der Waals surface area contributed by atoms with Crippen LogP contribution in [-0.4, -0.2) is 47.2 Å². The van der Waals surface area contributed by atoms with Gasteiger partial charge in [0.1, 0.15) is 0 Å². The lowest BCUT2D eigenvalue weighted by Crippen LogP contribution is -2.39. The normalized spacial score (nSPS) is 29.6. The summed E-state index contributed by atoms with van der Waals surface area (Å²) in [6.07, 6.45) is 9.50. The number of likely N-dealkylation sites (tertiary alicyclic amines) is 1. The molecule has 0 spiro atoms. The molecule has 0 aromatic carbocycles. The van der Waals surface area contributed by atoms with E-state index in [0.29, 0.717) is 0 Å². The van der Waals surface area contributed by atoms with Crippen LogP contribution in [0.1, 0.15) is 52.4 Å². The molecule has 3 amide bonds. The molecule has 0 aromatic rings. The maximum absolute atomic E-state index is 12.7. The molecule has 0 aromatic heterocycles. The van der Waals surface area contributed by atoms with Gasteiger partial charge in [-0.1, -0.05) is 38.8 Å². The van der Waals surface area contributed by atoms with E-state index in [1.54, 1.807) is 0 Å². The minimum atomic E-state index is -0.158. The first-order chi connectivity index (χ1) is 12.1. The van der Waals surface area contributed by atoms with E-state index < -0.39 is 0 Å². The second kappa shape index (κ2) is 7.71. The molecule has 1 heterocycles. The van der Waals surface area contributed by atoms with Gasteiger partial charge in [0.15, 0.2) is 0 Å². The third-order valence-electron chi connectivity index (χ3n) is 6.03. The van der Waals surface area contributed by atoms with E-state index in [4.69, 9.17) is 0 Å². The zero-order valence-electron chi connectivity index (χ0n) is 15.4. The van der Waals surface area contributed by atoms with Gasteiger partial charge in [-0.2, -0.15) is 0 Å². The van der Waals surface area contributed by atoms with Gasteiger partial charge in [-0.05, 0) is 31.1 Å². The summed E-state index contributed by atoms with van der Waals surface area (Å²) < 4.78 is 0. The Morgan fingerprint density at radius 2 is 1.56 bits per heavy atom. The van der Waals surface area contributed by atoms with E-state index in [-0.39, 0.29) is 54.4 Å². The van der Waals surface area contributed by atoms with Crippen LogP contribution >= 0.6 is 0 Å². The number of allylic oxidation sites excluding steroid dienone is 2. The molecule has 3 aliphatic rings. The van der Waals surface area contributed by atoms with Gasteiger partial charge in [-0.3, -0.25) is 19.3 Å². The van der Waals surface area contributed by atoms with Crippen molar-refractivity contribution in [3.05, 3.63) is 12.2 Å². The average molecular weight is 346 g/mol. The van der Waals surface area contributed by atoms with Crippen molar-refractivity contribution >= 4 is 17.7 Å². The van der Waals surface area contributed by atoms with Crippen LogP contribution in [0.2, 0.25) is 0 Å². The van der Waals surface area contributed by atoms with Crippen LogP contribution in [0.4, 0.5) is 0 Å². The molecule has 5 nitrogen and oxygen atoms in total. The SMILES string of the molecule is CCCCN(CCCC)C(=O)CCN1C(=O)[C@@H]2[C@@H](C1=O)[C@H]1C=C[C@H]2C1. The predicted octanol–water partition coefficient (Wildman–Crippen LogP) is 2.61. The number of amides is 3. The number of hydrogen-bond donors (Lipinski definition) is 0. The fourth-order valence-corrected chi connectivity index (χ4v) is 4.61. The summed E-state index contributed by atoms with van der Waals surface area (Å²) in [5, 5.41) is 0. The van der Waals surface area contributed by atoms with Crippen LogP contribution in [-0.2, 0) is 14.4 Å². The van der Waals surface area contributed by atoms with Crippen molar-refractivity contribution in [1.29, 1.82) is 0 Å². The highest BCUT2D eigenvalue weighted by Gasteiger charge is 2.59. The Labute approximate surface area is 150 Å². The Hall–Kier alpha value is -1.65. The monoisotopic (exact) mass is 346 g/mol. The highest BCUT2D eigenvalue weighted by atomic mass is 16.2. The second-order valence-corrected chi connectivity index (χ2v) is 7.67. The Kier molecular flexibility index (Phi) is 5.60. The lowest BCUT2D eigenvalue weighted by molar-refractivity contribution is -0.141. The number of hydrogen-bond acceptors (Lipinski definition) is 3. The Bertz CT molecular complexity index is 533. The molecule has 2 aliphatic carbocycles. The third kappa shape index (κ3) is 3.38. The summed E-state index contributed by atoms with van der Waals surface area (Å²) >= 11 is 0. The maximum atomic E-state index is 12.7. The number of unbranched alkanes of at least 4 members (excludes halogenated alkanes) is 2. The molecule has 1 saturated heterocycles. The summed E-state index contributed by atoms with van der Waals surface area (Å²) in [6, 6.07) is 0. The molecular formula is C20H30N2O3. The minimum absolute atomic E-state index is 0.0479. The van der Waals surface area contributed by atoms with E-state index >= 15 is 0 Å². The lowest BCUT2D eigenvalue weighted by Gasteiger charge is -2.24. The molecule has 2 fully saturated rings. The minimum Gasteiger partial charge on any atom is -0.343 e. The molecule has 1 saturated carbocycles. The van der Waals surface area contributed by atoms with Gasteiger partial charge in [-0.25, -0.2) is 0 Å². The van der Waals surface area contributed by atoms with Crippen LogP contribution in [0.15, 0.2) is 12.2 Å². The van der Waals surface area contributed by atoms with E-state index in [9.17, 15) is 14.4 Å². The van der Waals surface area contributed by atoms with E-state index in [1.807, 2.05) is 4.90 Å². The predicted molar refractivity (Wildman–Crippen MR) is 95.5 cm³/mol. The average Bonchev–Trinajstić information content (AvgIpc) is 3.28. The van der Waals surface area contributed by atoms with Crippen molar-refractivity contribution in [1.82, 2.24) is 9.80 Å². The molecule has 0 unspecified atom stereocenters. The Morgan fingerprint density at radius 3 is 2.04 bits per heavy atom. The Balaban J connectivity index is 1.56. The van der Waals surface area contributed by atoms with Crippen molar-refractivity contribution in [3.8, 4) is 0 Å². The topological polar surface area (TPSA) is 57.7 Å². The zero-order chi connectivity index (χ0) is 18.0. The smallest absolute Gasteiger partial charge is 0.233 e.